The molecule has 1 saturated heterocycles. The Bertz CT molecular complexity index is 943. The molecule has 2 heterocycles. The molecule has 2 N–H and O–H groups in total. The molecule has 5 atom stereocenters. The Balaban J connectivity index is 0. The highest BCUT2D eigenvalue weighted by Crippen LogP contribution is 2.48. The average Bonchev–Trinajstić information content (AvgIpc) is 3.37. The van der Waals surface area contributed by atoms with Crippen LogP contribution in [0.25, 0.3) is 0 Å². The first-order valence-electron chi connectivity index (χ1n) is 17.5. The third kappa shape index (κ3) is 18.9. The summed E-state index contributed by atoms with van der Waals surface area (Å²) in [4.78, 5) is 36.6. The summed E-state index contributed by atoms with van der Waals surface area (Å²) in [7, 11) is 1.30. The third-order valence-electron chi connectivity index (χ3n) is 7.11. The first-order chi connectivity index (χ1) is 21.3. The predicted molar refractivity (Wildman–Crippen MR) is 188 cm³/mol. The van der Waals surface area contributed by atoms with Crippen molar-refractivity contribution in [2.75, 3.05) is 13.7 Å². The van der Waals surface area contributed by atoms with Gasteiger partial charge in [0.05, 0.1) is 6.10 Å². The van der Waals surface area contributed by atoms with E-state index in [4.69, 9.17) is 30.3 Å². The molecule has 1 aromatic heterocycles. The van der Waals surface area contributed by atoms with Gasteiger partial charge < -0.3 is 18.9 Å². The van der Waals surface area contributed by atoms with Crippen molar-refractivity contribution in [1.29, 1.82) is 0 Å². The number of hydrogen-bond acceptors (Lipinski definition) is 7. The molecule has 5 unspecified atom stereocenters. The number of hydrogen-bond donors (Lipinski definition) is 2. The molecule has 1 aliphatic heterocycles. The molecule has 0 radical (unpaired) electrons. The molecule has 0 aromatic carbocycles. The molecule has 262 valence electrons. The standard InChI is InChI=1S/C27H49N2O7PS.3C2H6/c1-4-6-7-8-9-10-11-12-13-14-15-16-17-18-21-34-25-24(36-37(32,38)33-3)22(5-2)35-26(25)29-20-19-23(30)28-27(29)31;3*1-2/h19-20,22,24-26H,4-18,21H2,1-3H3,(H,32,38)(H,28,30,31);3*1-2H3. The molecule has 44 heavy (non-hydrogen) atoms. The van der Waals surface area contributed by atoms with Gasteiger partial charge in [0.25, 0.3) is 5.56 Å². The Morgan fingerprint density at radius 3 is 1.75 bits per heavy atom. The van der Waals surface area contributed by atoms with Crippen LogP contribution in [0.4, 0.5) is 0 Å². The van der Waals surface area contributed by atoms with Gasteiger partial charge in [0.15, 0.2) is 6.23 Å². The summed E-state index contributed by atoms with van der Waals surface area (Å²) in [5.74, 6) is 0. The fraction of sp³-hybridized carbons (Fsp3) is 0.879. The van der Waals surface area contributed by atoms with Crippen molar-refractivity contribution in [1.82, 2.24) is 9.55 Å². The minimum Gasteiger partial charge on any atom is -0.371 e. The lowest BCUT2D eigenvalue weighted by molar-refractivity contribution is -0.0705. The molecule has 0 bridgehead atoms. The first-order valence-corrected chi connectivity index (χ1v) is 20.1. The van der Waals surface area contributed by atoms with Gasteiger partial charge >= 0.3 is 12.4 Å². The lowest BCUT2D eigenvalue weighted by Crippen LogP contribution is -2.40. The number of nitrogens with zero attached hydrogens (tertiary/aromatic N) is 1. The minimum atomic E-state index is -3.49. The van der Waals surface area contributed by atoms with Crippen molar-refractivity contribution in [2.45, 2.75) is 176 Å². The van der Waals surface area contributed by atoms with Gasteiger partial charge in [-0.05, 0) is 24.6 Å². The monoisotopic (exact) mass is 666 g/mol. The predicted octanol–water partition coefficient (Wildman–Crippen LogP) is 9.04. The topological polar surface area (TPSA) is 112 Å². The Labute approximate surface area is 274 Å². The number of nitrogens with one attached hydrogen (secondary N) is 1. The Morgan fingerprint density at radius 2 is 1.32 bits per heavy atom. The van der Waals surface area contributed by atoms with Gasteiger partial charge in [-0.2, -0.15) is 0 Å². The summed E-state index contributed by atoms with van der Waals surface area (Å²) in [6.07, 6.45) is 17.0. The Kier molecular flexibility index (Phi) is 30.4. The smallest absolute Gasteiger partial charge is 0.330 e. The van der Waals surface area contributed by atoms with E-state index in [1.165, 1.54) is 94.6 Å². The van der Waals surface area contributed by atoms with E-state index in [9.17, 15) is 14.5 Å². The summed E-state index contributed by atoms with van der Waals surface area (Å²) >= 11 is 5.08. The lowest BCUT2D eigenvalue weighted by Gasteiger charge is -2.27. The van der Waals surface area contributed by atoms with Crippen molar-refractivity contribution in [3.63, 3.8) is 0 Å². The average molecular weight is 667 g/mol. The van der Waals surface area contributed by atoms with Gasteiger partial charge in [-0.25, -0.2) is 4.79 Å². The number of H-pyrrole nitrogens is 1. The highest BCUT2D eigenvalue weighted by molar-refractivity contribution is 8.07. The maximum atomic E-state index is 12.5. The summed E-state index contributed by atoms with van der Waals surface area (Å²) in [6.45, 7) is 13.1. The molecule has 2 rings (SSSR count). The van der Waals surface area contributed by atoms with E-state index in [1.54, 1.807) is 0 Å². The summed E-state index contributed by atoms with van der Waals surface area (Å²) in [6, 6.07) is 1.26. The van der Waals surface area contributed by atoms with Crippen LogP contribution < -0.4 is 11.2 Å². The Hall–Kier alpha value is -0.870. The van der Waals surface area contributed by atoms with Gasteiger partial charge in [-0.15, -0.1) is 0 Å². The van der Waals surface area contributed by atoms with Gasteiger partial charge in [-0.1, -0.05) is 139 Å². The molecule has 1 fully saturated rings. The maximum Gasteiger partial charge on any atom is 0.330 e. The largest absolute Gasteiger partial charge is 0.371 e. The molecular formula is C33H67N2O7PS. The second-order valence-electron chi connectivity index (χ2n) is 10.1. The van der Waals surface area contributed by atoms with Crippen LogP contribution in [0, 0.1) is 0 Å². The summed E-state index contributed by atoms with van der Waals surface area (Å²) in [5, 5.41) is 0. The first kappa shape index (κ1) is 45.3. The van der Waals surface area contributed by atoms with Crippen LogP contribution in [0.3, 0.4) is 0 Å². The molecule has 9 nitrogen and oxygen atoms in total. The number of rotatable bonds is 21. The van der Waals surface area contributed by atoms with Crippen LogP contribution in [0.1, 0.15) is 158 Å². The third-order valence-corrected chi connectivity index (χ3v) is 8.78. The normalized spacial score (nSPS) is 20.3. The van der Waals surface area contributed by atoms with Crippen molar-refractivity contribution < 1.29 is 23.4 Å². The minimum absolute atomic E-state index is 0.457. The van der Waals surface area contributed by atoms with Crippen LogP contribution in [0.15, 0.2) is 21.9 Å². The van der Waals surface area contributed by atoms with Gasteiger partial charge in [0, 0.05) is 26.0 Å². The quantitative estimate of drug-likeness (QED) is 0.0988. The van der Waals surface area contributed by atoms with Crippen molar-refractivity contribution in [3.05, 3.63) is 33.1 Å². The van der Waals surface area contributed by atoms with Gasteiger partial charge in [0.1, 0.15) is 12.2 Å². The zero-order chi connectivity index (χ0) is 33.8. The fourth-order valence-corrected chi connectivity index (χ4v) is 5.85. The van der Waals surface area contributed by atoms with Crippen LogP contribution in [0.5, 0.6) is 0 Å². The molecule has 1 aliphatic rings. The molecule has 0 aliphatic carbocycles. The number of ether oxygens (including phenoxy) is 2. The second kappa shape index (κ2) is 29.5. The number of aromatic nitrogens is 2. The molecule has 0 amide bonds. The van der Waals surface area contributed by atoms with E-state index in [2.05, 4.69) is 11.9 Å². The van der Waals surface area contributed by atoms with Crippen LogP contribution in [-0.4, -0.2) is 46.5 Å². The summed E-state index contributed by atoms with van der Waals surface area (Å²) in [5.41, 5.74) is -1.09. The van der Waals surface area contributed by atoms with Crippen LogP contribution >= 0.6 is 6.72 Å². The molecule has 11 heteroatoms. The molecule has 0 spiro atoms. The molecule has 0 saturated carbocycles. The Morgan fingerprint density at radius 1 is 0.841 bits per heavy atom. The van der Waals surface area contributed by atoms with Crippen molar-refractivity contribution >= 4 is 18.5 Å². The second-order valence-corrected chi connectivity index (χ2v) is 13.0. The van der Waals surface area contributed by atoms with E-state index in [1.807, 2.05) is 48.5 Å². The highest BCUT2D eigenvalue weighted by Gasteiger charge is 2.48. The van der Waals surface area contributed by atoms with E-state index >= 15 is 0 Å². The molecular weight excluding hydrogens is 599 g/mol. The van der Waals surface area contributed by atoms with Crippen molar-refractivity contribution in [3.8, 4) is 0 Å². The highest BCUT2D eigenvalue weighted by atomic mass is 32.5. The lowest BCUT2D eigenvalue weighted by atomic mass is 10.0. The van der Waals surface area contributed by atoms with Crippen LogP contribution in [-0.2, 0) is 30.3 Å². The summed E-state index contributed by atoms with van der Waals surface area (Å²) < 4.78 is 24.4. The number of unbranched alkanes of at least 4 members (excludes halogenated alkanes) is 13. The van der Waals surface area contributed by atoms with Gasteiger partial charge in [-0.3, -0.25) is 18.9 Å². The zero-order valence-electron chi connectivity index (χ0n) is 29.5. The maximum absolute atomic E-state index is 12.5. The SMILES string of the molecule is CC.CC.CC.CCCCCCCCCCCCCCCCOC1C(OP(O)(=S)OC)C(CC)OC1n1ccc(=O)[nH]c1=O. The van der Waals surface area contributed by atoms with E-state index in [0.29, 0.717) is 13.0 Å². The molecule has 1 aromatic rings. The van der Waals surface area contributed by atoms with Gasteiger partial charge in [0.2, 0.25) is 0 Å². The zero-order valence-corrected chi connectivity index (χ0v) is 31.2. The van der Waals surface area contributed by atoms with E-state index in [0.717, 1.165) is 19.3 Å². The fourth-order valence-electron chi connectivity index (χ4n) is 4.91. The van der Waals surface area contributed by atoms with E-state index in [-0.39, 0.29) is 0 Å². The van der Waals surface area contributed by atoms with E-state index < -0.39 is 42.5 Å². The van der Waals surface area contributed by atoms with Crippen LogP contribution in [0.2, 0.25) is 0 Å². The number of aromatic amines is 1. The van der Waals surface area contributed by atoms with Crippen molar-refractivity contribution in [2.24, 2.45) is 0 Å².